The largest absolute Gasteiger partial charge is 0.394 e. The van der Waals surface area contributed by atoms with Gasteiger partial charge in [-0.1, -0.05) is 13.3 Å². The van der Waals surface area contributed by atoms with Crippen molar-refractivity contribution in [2.75, 3.05) is 39.3 Å². The van der Waals surface area contributed by atoms with Gasteiger partial charge in [-0.3, -0.25) is 4.90 Å². The van der Waals surface area contributed by atoms with Crippen LogP contribution in [-0.2, 0) is 0 Å². The van der Waals surface area contributed by atoms with Gasteiger partial charge in [0.05, 0.1) is 6.61 Å². The van der Waals surface area contributed by atoms with Gasteiger partial charge in [0.2, 0.25) is 0 Å². The molecule has 0 amide bonds. The maximum absolute atomic E-state index is 9.11. The highest BCUT2D eigenvalue weighted by atomic mass is 16.3. The van der Waals surface area contributed by atoms with Gasteiger partial charge in [0.15, 0.2) is 0 Å². The smallest absolute Gasteiger partial charge is 0.0608 e. The Morgan fingerprint density at radius 1 is 1.21 bits per heavy atom. The lowest BCUT2D eigenvalue weighted by atomic mass is 9.97. The minimum Gasteiger partial charge on any atom is -0.394 e. The van der Waals surface area contributed by atoms with E-state index in [1.165, 1.54) is 45.6 Å². The van der Waals surface area contributed by atoms with E-state index < -0.39 is 5.54 Å². The number of nitrogens with zero attached hydrogens (tertiary/aromatic N) is 2. The van der Waals surface area contributed by atoms with Gasteiger partial charge in [0.25, 0.3) is 0 Å². The standard InChI is InChI=1S/C15H33N3O/c1-4-14(2)18-11-9-17(10-12-18)8-6-5-7-15(3,16)13-19/h14,19H,4-13,16H2,1-3H3. The molecule has 3 N–H and O–H groups in total. The number of aliphatic hydroxyl groups is 1. The first-order valence-electron chi connectivity index (χ1n) is 7.84. The number of unbranched alkanes of at least 4 members (excludes halogenated alkanes) is 1. The second-order valence-corrected chi connectivity index (χ2v) is 6.40. The molecule has 0 radical (unpaired) electrons. The molecule has 1 heterocycles. The molecule has 0 aromatic rings. The Morgan fingerprint density at radius 2 is 1.84 bits per heavy atom. The van der Waals surface area contributed by atoms with Crippen LogP contribution in [0.15, 0.2) is 0 Å². The minimum absolute atomic E-state index is 0.0839. The zero-order chi connectivity index (χ0) is 14.3. The average molecular weight is 271 g/mol. The molecule has 4 nitrogen and oxygen atoms in total. The topological polar surface area (TPSA) is 52.7 Å². The van der Waals surface area contributed by atoms with E-state index in [2.05, 4.69) is 23.6 Å². The van der Waals surface area contributed by atoms with Gasteiger partial charge < -0.3 is 15.7 Å². The van der Waals surface area contributed by atoms with E-state index >= 15 is 0 Å². The molecule has 1 aliphatic heterocycles. The predicted molar refractivity (Wildman–Crippen MR) is 81.3 cm³/mol. The van der Waals surface area contributed by atoms with Crippen LogP contribution in [0.25, 0.3) is 0 Å². The Morgan fingerprint density at radius 3 is 2.37 bits per heavy atom. The Balaban J connectivity index is 2.10. The molecule has 0 aromatic carbocycles. The SMILES string of the molecule is CCC(C)N1CCN(CCCCC(C)(N)CO)CC1. The highest BCUT2D eigenvalue weighted by Gasteiger charge is 2.20. The first-order valence-corrected chi connectivity index (χ1v) is 7.84. The number of aliphatic hydroxyl groups excluding tert-OH is 1. The quantitative estimate of drug-likeness (QED) is 0.653. The van der Waals surface area contributed by atoms with Crippen molar-refractivity contribution in [2.24, 2.45) is 5.73 Å². The third kappa shape index (κ3) is 6.21. The molecular formula is C15H33N3O. The number of nitrogens with two attached hydrogens (primary N) is 1. The van der Waals surface area contributed by atoms with Crippen LogP contribution in [0.5, 0.6) is 0 Å². The third-order valence-corrected chi connectivity index (χ3v) is 4.45. The second-order valence-electron chi connectivity index (χ2n) is 6.40. The molecule has 4 heteroatoms. The molecule has 19 heavy (non-hydrogen) atoms. The van der Waals surface area contributed by atoms with Crippen molar-refractivity contribution in [2.45, 2.75) is 58.0 Å². The highest BCUT2D eigenvalue weighted by Crippen LogP contribution is 2.12. The Kier molecular flexibility index (Phi) is 7.29. The number of hydrogen-bond acceptors (Lipinski definition) is 4. The summed E-state index contributed by atoms with van der Waals surface area (Å²) in [5.41, 5.74) is 5.54. The van der Waals surface area contributed by atoms with E-state index in [0.29, 0.717) is 0 Å². The molecule has 0 spiro atoms. The predicted octanol–water partition coefficient (Wildman–Crippen LogP) is 1.28. The van der Waals surface area contributed by atoms with Gasteiger partial charge in [-0.25, -0.2) is 0 Å². The molecule has 1 aliphatic rings. The fraction of sp³-hybridized carbons (Fsp3) is 1.00. The lowest BCUT2D eigenvalue weighted by Crippen LogP contribution is -2.49. The van der Waals surface area contributed by atoms with Crippen molar-refractivity contribution in [1.82, 2.24) is 9.80 Å². The average Bonchev–Trinajstić information content (AvgIpc) is 2.43. The molecule has 1 saturated heterocycles. The first kappa shape index (κ1) is 16.9. The third-order valence-electron chi connectivity index (χ3n) is 4.45. The van der Waals surface area contributed by atoms with Crippen molar-refractivity contribution in [3.63, 3.8) is 0 Å². The molecule has 1 rings (SSSR count). The molecular weight excluding hydrogens is 238 g/mol. The Bertz CT molecular complexity index is 238. The molecule has 114 valence electrons. The molecule has 0 saturated carbocycles. The van der Waals surface area contributed by atoms with Crippen LogP contribution in [0.3, 0.4) is 0 Å². The van der Waals surface area contributed by atoms with Gasteiger partial charge >= 0.3 is 0 Å². The van der Waals surface area contributed by atoms with Crippen LogP contribution >= 0.6 is 0 Å². The monoisotopic (exact) mass is 271 g/mol. The van der Waals surface area contributed by atoms with Gasteiger partial charge in [-0.15, -0.1) is 0 Å². The normalized spacial score (nSPS) is 23.2. The maximum Gasteiger partial charge on any atom is 0.0608 e. The van der Waals surface area contributed by atoms with E-state index in [1.54, 1.807) is 0 Å². The highest BCUT2D eigenvalue weighted by molar-refractivity contribution is 4.78. The fourth-order valence-electron chi connectivity index (χ4n) is 2.63. The summed E-state index contributed by atoms with van der Waals surface area (Å²) in [6.07, 6.45) is 4.46. The number of hydrogen-bond donors (Lipinski definition) is 2. The molecule has 0 bridgehead atoms. The van der Waals surface area contributed by atoms with Gasteiger partial charge in [0, 0.05) is 37.8 Å². The van der Waals surface area contributed by atoms with Crippen LogP contribution in [0.4, 0.5) is 0 Å². The summed E-state index contributed by atoms with van der Waals surface area (Å²) in [5.74, 6) is 0. The summed E-state index contributed by atoms with van der Waals surface area (Å²) in [6.45, 7) is 12.6. The second kappa shape index (κ2) is 8.20. The molecule has 2 unspecified atom stereocenters. The van der Waals surface area contributed by atoms with E-state index in [1.807, 2.05) is 6.92 Å². The van der Waals surface area contributed by atoms with E-state index in [9.17, 15) is 0 Å². The van der Waals surface area contributed by atoms with Crippen LogP contribution in [0.1, 0.15) is 46.5 Å². The minimum atomic E-state index is -0.394. The van der Waals surface area contributed by atoms with Crippen molar-refractivity contribution < 1.29 is 5.11 Å². The van der Waals surface area contributed by atoms with Crippen molar-refractivity contribution in [1.29, 1.82) is 0 Å². The summed E-state index contributed by atoms with van der Waals surface area (Å²) in [6, 6.07) is 0.727. The lowest BCUT2D eigenvalue weighted by Gasteiger charge is -2.38. The number of rotatable bonds is 8. The molecule has 0 aliphatic carbocycles. The summed E-state index contributed by atoms with van der Waals surface area (Å²) < 4.78 is 0. The van der Waals surface area contributed by atoms with Crippen LogP contribution in [0.2, 0.25) is 0 Å². The molecule has 1 fully saturated rings. The van der Waals surface area contributed by atoms with Crippen LogP contribution in [-0.4, -0.2) is 65.8 Å². The fourth-order valence-corrected chi connectivity index (χ4v) is 2.63. The zero-order valence-corrected chi connectivity index (χ0v) is 13.1. The van der Waals surface area contributed by atoms with Crippen molar-refractivity contribution >= 4 is 0 Å². The Labute approximate surface area is 118 Å². The van der Waals surface area contributed by atoms with Crippen LogP contribution < -0.4 is 5.73 Å². The van der Waals surface area contributed by atoms with E-state index in [-0.39, 0.29) is 6.61 Å². The molecule has 0 aromatic heterocycles. The number of piperazine rings is 1. The van der Waals surface area contributed by atoms with Gasteiger partial charge in [-0.05, 0) is 39.7 Å². The van der Waals surface area contributed by atoms with E-state index in [4.69, 9.17) is 10.8 Å². The van der Waals surface area contributed by atoms with Crippen LogP contribution in [0, 0.1) is 0 Å². The molecule has 2 atom stereocenters. The zero-order valence-electron chi connectivity index (χ0n) is 13.1. The maximum atomic E-state index is 9.11. The van der Waals surface area contributed by atoms with Crippen molar-refractivity contribution in [3.8, 4) is 0 Å². The lowest BCUT2D eigenvalue weighted by molar-refractivity contribution is 0.0986. The van der Waals surface area contributed by atoms with Gasteiger partial charge in [0.1, 0.15) is 0 Å². The summed E-state index contributed by atoms with van der Waals surface area (Å²) in [5, 5.41) is 9.11. The van der Waals surface area contributed by atoms with E-state index in [0.717, 1.165) is 18.9 Å². The first-order chi connectivity index (χ1) is 8.98. The van der Waals surface area contributed by atoms with Crippen molar-refractivity contribution in [3.05, 3.63) is 0 Å². The summed E-state index contributed by atoms with van der Waals surface area (Å²) >= 11 is 0. The van der Waals surface area contributed by atoms with Gasteiger partial charge in [-0.2, -0.15) is 0 Å². The Hall–Kier alpha value is -0.160. The summed E-state index contributed by atoms with van der Waals surface area (Å²) in [4.78, 5) is 5.16. The summed E-state index contributed by atoms with van der Waals surface area (Å²) in [7, 11) is 0.